The second kappa shape index (κ2) is 5.65. The molecule has 0 fully saturated rings. The lowest BCUT2D eigenvalue weighted by Gasteiger charge is -2.26. The third-order valence-electron chi connectivity index (χ3n) is 2.25. The molecule has 16 heavy (non-hydrogen) atoms. The summed E-state index contributed by atoms with van der Waals surface area (Å²) in [5, 5.41) is 0. The van der Waals surface area contributed by atoms with Crippen LogP contribution in [0.5, 0.6) is 0 Å². The molecule has 0 saturated carbocycles. The van der Waals surface area contributed by atoms with Crippen LogP contribution in [0.1, 0.15) is 30.6 Å². The first kappa shape index (κ1) is 12.7. The largest absolute Gasteiger partial charge is 0.472 e. The smallest absolute Gasteiger partial charge is 0.257 e. The summed E-state index contributed by atoms with van der Waals surface area (Å²) in [5.41, 5.74) is 5.99. The van der Waals surface area contributed by atoms with Crippen molar-refractivity contribution in [3.05, 3.63) is 24.2 Å². The Morgan fingerprint density at radius 1 is 1.62 bits per heavy atom. The van der Waals surface area contributed by atoms with E-state index in [1.807, 2.05) is 13.8 Å². The van der Waals surface area contributed by atoms with E-state index in [2.05, 4.69) is 0 Å². The maximum Gasteiger partial charge on any atom is 0.257 e. The van der Waals surface area contributed by atoms with Crippen LogP contribution in [0.15, 0.2) is 23.0 Å². The minimum absolute atomic E-state index is 0.0556. The number of rotatable bonds is 5. The fraction of sp³-hybridized carbons (Fsp3) is 0.455. The van der Waals surface area contributed by atoms with Crippen molar-refractivity contribution in [2.75, 3.05) is 6.54 Å². The molecule has 0 aliphatic heterocycles. The number of furan rings is 1. The highest BCUT2D eigenvalue weighted by atomic mass is 32.1. The lowest BCUT2D eigenvalue weighted by Crippen LogP contribution is -2.38. The van der Waals surface area contributed by atoms with E-state index in [4.69, 9.17) is 22.4 Å². The van der Waals surface area contributed by atoms with Gasteiger partial charge in [-0.05, 0) is 19.9 Å². The third kappa shape index (κ3) is 3.34. The van der Waals surface area contributed by atoms with Gasteiger partial charge in [-0.1, -0.05) is 12.2 Å². The van der Waals surface area contributed by atoms with Crippen LogP contribution in [0.3, 0.4) is 0 Å². The van der Waals surface area contributed by atoms with E-state index < -0.39 is 0 Å². The maximum atomic E-state index is 12.0. The van der Waals surface area contributed by atoms with Crippen LogP contribution in [0.2, 0.25) is 0 Å². The summed E-state index contributed by atoms with van der Waals surface area (Å²) in [5.74, 6) is -0.0556. The van der Waals surface area contributed by atoms with E-state index >= 15 is 0 Å². The van der Waals surface area contributed by atoms with Crippen molar-refractivity contribution in [1.82, 2.24) is 4.90 Å². The number of carbonyl (C=O) groups is 1. The molecule has 1 aromatic rings. The van der Waals surface area contributed by atoms with Gasteiger partial charge in [0.2, 0.25) is 0 Å². The average molecular weight is 240 g/mol. The van der Waals surface area contributed by atoms with Crippen LogP contribution < -0.4 is 5.73 Å². The van der Waals surface area contributed by atoms with E-state index in [1.165, 1.54) is 12.5 Å². The van der Waals surface area contributed by atoms with Crippen molar-refractivity contribution in [3.63, 3.8) is 0 Å². The SMILES string of the molecule is CC(C)N(CCC(N)=S)C(=O)c1ccoc1. The molecule has 1 amide bonds. The van der Waals surface area contributed by atoms with Gasteiger partial charge < -0.3 is 15.1 Å². The molecule has 0 atom stereocenters. The molecule has 1 rings (SSSR count). The van der Waals surface area contributed by atoms with Crippen molar-refractivity contribution in [3.8, 4) is 0 Å². The van der Waals surface area contributed by atoms with Crippen LogP contribution in [0.4, 0.5) is 0 Å². The molecule has 4 nitrogen and oxygen atoms in total. The van der Waals surface area contributed by atoms with Crippen LogP contribution in [-0.4, -0.2) is 28.4 Å². The van der Waals surface area contributed by atoms with Gasteiger partial charge in [-0.15, -0.1) is 0 Å². The third-order valence-corrected chi connectivity index (χ3v) is 2.46. The van der Waals surface area contributed by atoms with Gasteiger partial charge in [-0.2, -0.15) is 0 Å². The van der Waals surface area contributed by atoms with Gasteiger partial charge in [0, 0.05) is 19.0 Å². The Morgan fingerprint density at radius 2 is 2.31 bits per heavy atom. The minimum atomic E-state index is -0.0556. The minimum Gasteiger partial charge on any atom is -0.472 e. The second-order valence-electron chi connectivity index (χ2n) is 3.82. The van der Waals surface area contributed by atoms with Crippen molar-refractivity contribution in [2.45, 2.75) is 26.3 Å². The molecule has 0 unspecified atom stereocenters. The topological polar surface area (TPSA) is 59.5 Å². The Labute approximate surface area is 100 Å². The highest BCUT2D eigenvalue weighted by Crippen LogP contribution is 2.09. The zero-order valence-corrected chi connectivity index (χ0v) is 10.3. The van der Waals surface area contributed by atoms with Gasteiger partial charge in [0.25, 0.3) is 5.91 Å². The van der Waals surface area contributed by atoms with Gasteiger partial charge in [0.1, 0.15) is 6.26 Å². The fourth-order valence-corrected chi connectivity index (χ4v) is 1.47. The van der Waals surface area contributed by atoms with Crippen molar-refractivity contribution in [1.29, 1.82) is 0 Å². The Hall–Kier alpha value is -1.36. The lowest BCUT2D eigenvalue weighted by molar-refractivity contribution is 0.0711. The van der Waals surface area contributed by atoms with Crippen molar-refractivity contribution in [2.24, 2.45) is 5.73 Å². The molecular formula is C11H16N2O2S. The molecule has 2 N–H and O–H groups in total. The van der Waals surface area contributed by atoms with Gasteiger partial charge in [-0.3, -0.25) is 4.79 Å². The summed E-state index contributed by atoms with van der Waals surface area (Å²) in [4.78, 5) is 14.2. The van der Waals surface area contributed by atoms with Crippen LogP contribution in [0.25, 0.3) is 0 Å². The summed E-state index contributed by atoms with van der Waals surface area (Å²) in [6.45, 7) is 4.45. The van der Waals surface area contributed by atoms with Crippen LogP contribution >= 0.6 is 12.2 Å². The standard InChI is InChI=1S/C11H16N2O2S/c1-8(2)13(5-3-10(12)16)11(14)9-4-6-15-7-9/h4,6-8H,3,5H2,1-2H3,(H2,12,16). The van der Waals surface area contributed by atoms with E-state index in [0.29, 0.717) is 23.5 Å². The molecule has 0 aromatic carbocycles. The molecular weight excluding hydrogens is 224 g/mol. The van der Waals surface area contributed by atoms with Gasteiger partial charge >= 0.3 is 0 Å². The summed E-state index contributed by atoms with van der Waals surface area (Å²) in [6.07, 6.45) is 3.47. The zero-order valence-electron chi connectivity index (χ0n) is 9.47. The Bertz CT molecular complexity index is 360. The molecule has 1 heterocycles. The molecule has 5 heteroatoms. The Morgan fingerprint density at radius 3 is 2.75 bits per heavy atom. The van der Waals surface area contributed by atoms with E-state index in [1.54, 1.807) is 11.0 Å². The van der Waals surface area contributed by atoms with Crippen molar-refractivity contribution < 1.29 is 9.21 Å². The van der Waals surface area contributed by atoms with Gasteiger partial charge in [0.05, 0.1) is 16.8 Å². The normalized spacial score (nSPS) is 10.4. The summed E-state index contributed by atoms with van der Waals surface area (Å²) >= 11 is 4.81. The van der Waals surface area contributed by atoms with E-state index in [0.717, 1.165) is 0 Å². The fourth-order valence-electron chi connectivity index (χ4n) is 1.38. The maximum absolute atomic E-state index is 12.0. The Kier molecular flexibility index (Phi) is 4.49. The molecule has 88 valence electrons. The van der Waals surface area contributed by atoms with Crippen LogP contribution in [0, 0.1) is 0 Å². The predicted octanol–water partition coefficient (Wildman–Crippen LogP) is 1.81. The van der Waals surface area contributed by atoms with Gasteiger partial charge in [0.15, 0.2) is 0 Å². The first-order valence-electron chi connectivity index (χ1n) is 5.14. The average Bonchev–Trinajstić information content (AvgIpc) is 2.69. The number of hydrogen-bond donors (Lipinski definition) is 1. The first-order valence-corrected chi connectivity index (χ1v) is 5.54. The molecule has 0 aliphatic carbocycles. The monoisotopic (exact) mass is 240 g/mol. The summed E-state index contributed by atoms with van der Waals surface area (Å²) in [6, 6.07) is 1.76. The lowest BCUT2D eigenvalue weighted by atomic mass is 10.2. The zero-order chi connectivity index (χ0) is 12.1. The number of amides is 1. The summed E-state index contributed by atoms with van der Waals surface area (Å²) in [7, 11) is 0. The molecule has 0 radical (unpaired) electrons. The quantitative estimate of drug-likeness (QED) is 0.797. The summed E-state index contributed by atoms with van der Waals surface area (Å²) < 4.78 is 4.89. The molecule has 0 bridgehead atoms. The number of nitrogens with two attached hydrogens (primary N) is 1. The first-order chi connectivity index (χ1) is 7.52. The number of carbonyl (C=O) groups excluding carboxylic acids is 1. The van der Waals surface area contributed by atoms with Crippen LogP contribution in [-0.2, 0) is 0 Å². The van der Waals surface area contributed by atoms with Crippen molar-refractivity contribution >= 4 is 23.1 Å². The second-order valence-corrected chi connectivity index (χ2v) is 4.35. The number of hydrogen-bond acceptors (Lipinski definition) is 3. The van der Waals surface area contributed by atoms with E-state index in [9.17, 15) is 4.79 Å². The molecule has 0 aliphatic rings. The highest BCUT2D eigenvalue weighted by Gasteiger charge is 2.19. The molecule has 0 spiro atoms. The number of thiocarbonyl (C=S) groups is 1. The molecule has 1 aromatic heterocycles. The van der Waals surface area contributed by atoms with E-state index in [-0.39, 0.29) is 11.9 Å². The van der Waals surface area contributed by atoms with Gasteiger partial charge in [-0.25, -0.2) is 0 Å². The molecule has 0 saturated heterocycles. The Balaban J connectivity index is 2.70. The number of nitrogens with zero attached hydrogens (tertiary/aromatic N) is 1. The predicted molar refractivity (Wildman–Crippen MR) is 66.3 cm³/mol. The highest BCUT2D eigenvalue weighted by molar-refractivity contribution is 7.80.